The lowest BCUT2D eigenvalue weighted by Crippen LogP contribution is -2.25. The van der Waals surface area contributed by atoms with Crippen molar-refractivity contribution in [2.24, 2.45) is 0 Å². The van der Waals surface area contributed by atoms with Gasteiger partial charge in [0.25, 0.3) is 5.91 Å². The molecular weight excluding hydrogens is 414 g/mol. The molecule has 1 aliphatic carbocycles. The number of amides is 1. The number of furan rings is 2. The summed E-state index contributed by atoms with van der Waals surface area (Å²) in [5.74, 6) is 1.59. The van der Waals surface area contributed by atoms with Crippen LogP contribution in [-0.4, -0.2) is 22.0 Å². The Morgan fingerprint density at radius 2 is 1.91 bits per heavy atom. The number of carbonyl (C=O) groups is 1. The largest absolute Gasteiger partial charge is 0.469 e. The molecule has 6 heteroatoms. The number of carbonyl (C=O) groups excluding carboxylic acids is 1. The summed E-state index contributed by atoms with van der Waals surface area (Å²) in [6.07, 6.45) is 10.2. The van der Waals surface area contributed by atoms with Crippen LogP contribution in [0, 0.1) is 6.92 Å². The second-order valence-corrected chi connectivity index (χ2v) is 8.76. The van der Waals surface area contributed by atoms with Crippen molar-refractivity contribution in [2.45, 2.75) is 51.5 Å². The first-order valence-corrected chi connectivity index (χ1v) is 11.7. The Morgan fingerprint density at radius 3 is 2.67 bits per heavy atom. The van der Waals surface area contributed by atoms with Gasteiger partial charge in [0, 0.05) is 24.6 Å². The molecule has 0 spiro atoms. The van der Waals surface area contributed by atoms with E-state index >= 15 is 0 Å². The van der Waals surface area contributed by atoms with Crippen molar-refractivity contribution in [1.29, 1.82) is 0 Å². The standard InChI is InChI=1S/C27H29N3O3/c1-19-9-11-20(12-10-19)25-26(30(18-29-25)21-6-3-2-4-7-21)23-13-14-24(33-23)27(31)28-16-15-22-8-5-17-32-22/h5,8-14,17-18,21H,2-4,6-7,15-16H2,1H3,(H,28,31). The van der Waals surface area contributed by atoms with E-state index in [0.717, 1.165) is 35.6 Å². The van der Waals surface area contributed by atoms with Gasteiger partial charge in [0.05, 0.1) is 18.3 Å². The van der Waals surface area contributed by atoms with Crippen molar-refractivity contribution in [3.8, 4) is 22.7 Å². The van der Waals surface area contributed by atoms with Gasteiger partial charge in [-0.1, -0.05) is 49.1 Å². The van der Waals surface area contributed by atoms with Crippen molar-refractivity contribution in [1.82, 2.24) is 14.9 Å². The lowest BCUT2D eigenvalue weighted by Gasteiger charge is -2.24. The molecule has 0 radical (unpaired) electrons. The van der Waals surface area contributed by atoms with E-state index < -0.39 is 0 Å². The maximum absolute atomic E-state index is 12.7. The Morgan fingerprint density at radius 1 is 1.09 bits per heavy atom. The zero-order valence-electron chi connectivity index (χ0n) is 18.9. The summed E-state index contributed by atoms with van der Waals surface area (Å²) in [4.78, 5) is 17.5. The number of aromatic nitrogens is 2. The molecule has 0 atom stereocenters. The quantitative estimate of drug-likeness (QED) is 0.370. The third-order valence-corrected chi connectivity index (χ3v) is 6.39. The molecule has 1 N–H and O–H groups in total. The molecule has 4 aromatic rings. The summed E-state index contributed by atoms with van der Waals surface area (Å²) >= 11 is 0. The van der Waals surface area contributed by atoms with Crippen LogP contribution in [0.25, 0.3) is 22.7 Å². The average Bonchev–Trinajstić information content (AvgIpc) is 3.60. The summed E-state index contributed by atoms with van der Waals surface area (Å²) < 4.78 is 13.7. The van der Waals surface area contributed by atoms with Gasteiger partial charge in [-0.3, -0.25) is 4.79 Å². The van der Waals surface area contributed by atoms with Crippen LogP contribution in [0.3, 0.4) is 0 Å². The molecule has 1 aliphatic rings. The van der Waals surface area contributed by atoms with Gasteiger partial charge in [-0.25, -0.2) is 4.98 Å². The van der Waals surface area contributed by atoms with E-state index in [0.29, 0.717) is 30.5 Å². The van der Waals surface area contributed by atoms with Crippen LogP contribution in [-0.2, 0) is 6.42 Å². The summed E-state index contributed by atoms with van der Waals surface area (Å²) in [7, 11) is 0. The van der Waals surface area contributed by atoms with Gasteiger partial charge in [-0.05, 0) is 44.0 Å². The van der Waals surface area contributed by atoms with Gasteiger partial charge in [0.1, 0.15) is 11.5 Å². The molecular formula is C27H29N3O3. The van der Waals surface area contributed by atoms with Crippen LogP contribution in [0.1, 0.15) is 60.0 Å². The molecule has 3 heterocycles. The smallest absolute Gasteiger partial charge is 0.287 e. The fourth-order valence-corrected chi connectivity index (χ4v) is 4.59. The molecule has 5 rings (SSSR count). The van der Waals surface area contributed by atoms with Gasteiger partial charge in [0.2, 0.25) is 0 Å². The lowest BCUT2D eigenvalue weighted by molar-refractivity contribution is 0.0927. The van der Waals surface area contributed by atoms with Crippen LogP contribution < -0.4 is 5.32 Å². The van der Waals surface area contributed by atoms with Crippen molar-refractivity contribution in [3.05, 3.63) is 78.2 Å². The maximum atomic E-state index is 12.7. The van der Waals surface area contributed by atoms with Crippen molar-refractivity contribution >= 4 is 5.91 Å². The van der Waals surface area contributed by atoms with E-state index in [2.05, 4.69) is 41.1 Å². The minimum absolute atomic E-state index is 0.228. The first-order valence-electron chi connectivity index (χ1n) is 11.7. The molecule has 0 saturated heterocycles. The van der Waals surface area contributed by atoms with E-state index in [1.54, 1.807) is 12.3 Å². The zero-order valence-corrected chi connectivity index (χ0v) is 18.9. The molecule has 1 fully saturated rings. The highest BCUT2D eigenvalue weighted by atomic mass is 16.4. The van der Waals surface area contributed by atoms with Crippen molar-refractivity contribution in [3.63, 3.8) is 0 Å². The lowest BCUT2D eigenvalue weighted by atomic mass is 9.95. The normalized spacial score (nSPS) is 14.5. The van der Waals surface area contributed by atoms with Gasteiger partial charge >= 0.3 is 0 Å². The minimum Gasteiger partial charge on any atom is -0.469 e. The maximum Gasteiger partial charge on any atom is 0.287 e. The second kappa shape index (κ2) is 9.53. The Balaban J connectivity index is 1.42. The molecule has 0 aliphatic heterocycles. The van der Waals surface area contributed by atoms with Crippen LogP contribution in [0.4, 0.5) is 0 Å². The van der Waals surface area contributed by atoms with Gasteiger partial charge in [-0.15, -0.1) is 0 Å². The number of imidazole rings is 1. The number of benzene rings is 1. The predicted octanol–water partition coefficient (Wildman–Crippen LogP) is 6.19. The Kier molecular flexibility index (Phi) is 6.15. The predicted molar refractivity (Wildman–Crippen MR) is 127 cm³/mol. The molecule has 1 saturated carbocycles. The van der Waals surface area contributed by atoms with E-state index in [9.17, 15) is 4.79 Å². The van der Waals surface area contributed by atoms with Crippen LogP contribution >= 0.6 is 0 Å². The fraction of sp³-hybridized carbons (Fsp3) is 0.333. The van der Waals surface area contributed by atoms with E-state index in [4.69, 9.17) is 13.8 Å². The summed E-state index contributed by atoms with van der Waals surface area (Å²) in [6.45, 7) is 2.56. The number of hydrogen-bond acceptors (Lipinski definition) is 4. The van der Waals surface area contributed by atoms with Gasteiger partial charge in [0.15, 0.2) is 11.5 Å². The van der Waals surface area contributed by atoms with E-state index in [-0.39, 0.29) is 5.91 Å². The zero-order chi connectivity index (χ0) is 22.6. The Bertz CT molecular complexity index is 1200. The molecule has 1 amide bonds. The molecule has 3 aromatic heterocycles. The third-order valence-electron chi connectivity index (χ3n) is 6.39. The molecule has 33 heavy (non-hydrogen) atoms. The first kappa shape index (κ1) is 21.3. The Hall–Kier alpha value is -3.54. The van der Waals surface area contributed by atoms with Crippen molar-refractivity contribution in [2.75, 3.05) is 6.54 Å². The average molecular weight is 444 g/mol. The highest BCUT2D eigenvalue weighted by Gasteiger charge is 2.25. The SMILES string of the molecule is Cc1ccc(-c2ncn(C3CCCCC3)c2-c2ccc(C(=O)NCCc3ccco3)o2)cc1. The number of hydrogen-bond donors (Lipinski definition) is 1. The van der Waals surface area contributed by atoms with Gasteiger partial charge in [-0.2, -0.15) is 0 Å². The Labute approximate surface area is 193 Å². The van der Waals surface area contributed by atoms with Crippen LogP contribution in [0.5, 0.6) is 0 Å². The summed E-state index contributed by atoms with van der Waals surface area (Å²) in [6, 6.07) is 16.2. The molecule has 0 unspecified atom stereocenters. The van der Waals surface area contributed by atoms with Crippen molar-refractivity contribution < 1.29 is 13.6 Å². The fourth-order valence-electron chi connectivity index (χ4n) is 4.59. The topological polar surface area (TPSA) is 73.2 Å². The highest BCUT2D eigenvalue weighted by molar-refractivity contribution is 5.92. The first-order chi connectivity index (χ1) is 16.2. The van der Waals surface area contributed by atoms with Crippen LogP contribution in [0.15, 0.2) is 70.0 Å². The summed E-state index contributed by atoms with van der Waals surface area (Å²) in [5, 5.41) is 2.91. The molecule has 1 aromatic carbocycles. The third kappa shape index (κ3) is 4.65. The number of nitrogens with zero attached hydrogens (tertiary/aromatic N) is 2. The minimum atomic E-state index is -0.228. The highest BCUT2D eigenvalue weighted by Crippen LogP contribution is 2.38. The van der Waals surface area contributed by atoms with Crippen LogP contribution in [0.2, 0.25) is 0 Å². The van der Waals surface area contributed by atoms with E-state index in [1.807, 2.05) is 24.5 Å². The molecule has 6 nitrogen and oxygen atoms in total. The monoisotopic (exact) mass is 443 g/mol. The number of aryl methyl sites for hydroxylation is 1. The number of nitrogens with one attached hydrogen (secondary N) is 1. The molecule has 0 bridgehead atoms. The number of rotatable bonds is 7. The van der Waals surface area contributed by atoms with Gasteiger partial charge < -0.3 is 18.7 Å². The van der Waals surface area contributed by atoms with E-state index in [1.165, 1.54) is 24.8 Å². The second-order valence-electron chi connectivity index (χ2n) is 8.76. The summed E-state index contributed by atoms with van der Waals surface area (Å²) in [5.41, 5.74) is 4.09. The molecule has 170 valence electrons.